The van der Waals surface area contributed by atoms with Gasteiger partial charge < -0.3 is 10.6 Å². The van der Waals surface area contributed by atoms with Crippen LogP contribution in [0.1, 0.15) is 49.7 Å². The van der Waals surface area contributed by atoms with Gasteiger partial charge in [0, 0.05) is 5.54 Å². The molecule has 134 valence electrons. The summed E-state index contributed by atoms with van der Waals surface area (Å²) in [5.41, 5.74) is 2.26. The minimum atomic E-state index is -0.621. The van der Waals surface area contributed by atoms with E-state index in [0.717, 1.165) is 48.1 Å². The fourth-order valence-electron chi connectivity index (χ4n) is 5.81. The van der Waals surface area contributed by atoms with Gasteiger partial charge in [-0.15, -0.1) is 0 Å². The predicted octanol–water partition coefficient (Wildman–Crippen LogP) is 3.98. The van der Waals surface area contributed by atoms with Gasteiger partial charge in [-0.1, -0.05) is 17.7 Å². The van der Waals surface area contributed by atoms with Crippen LogP contribution >= 0.6 is 11.6 Å². The Morgan fingerprint density at radius 2 is 1.56 bits per heavy atom. The molecule has 0 spiro atoms. The smallest absolute Gasteiger partial charge is 0.313 e. The Kier molecular flexibility index (Phi) is 4.06. The van der Waals surface area contributed by atoms with Crippen molar-refractivity contribution >= 4 is 29.1 Å². The summed E-state index contributed by atoms with van der Waals surface area (Å²) >= 11 is 6.24. The lowest BCUT2D eigenvalue weighted by atomic mass is 9.53. The van der Waals surface area contributed by atoms with Crippen LogP contribution in [0.3, 0.4) is 0 Å². The van der Waals surface area contributed by atoms with Crippen molar-refractivity contribution in [1.29, 1.82) is 0 Å². The Labute approximate surface area is 153 Å². The van der Waals surface area contributed by atoms with Gasteiger partial charge in [0.2, 0.25) is 0 Å². The number of nitrogens with one attached hydrogen (secondary N) is 2. The van der Waals surface area contributed by atoms with Gasteiger partial charge >= 0.3 is 11.8 Å². The summed E-state index contributed by atoms with van der Waals surface area (Å²) in [7, 11) is 0. The molecule has 4 aliphatic carbocycles. The van der Waals surface area contributed by atoms with Crippen molar-refractivity contribution in [2.45, 2.75) is 57.9 Å². The molecule has 0 aromatic heterocycles. The molecule has 0 heterocycles. The van der Waals surface area contributed by atoms with Crippen molar-refractivity contribution in [2.75, 3.05) is 5.32 Å². The van der Waals surface area contributed by atoms with Crippen molar-refractivity contribution in [3.05, 3.63) is 28.3 Å². The average molecular weight is 361 g/mol. The van der Waals surface area contributed by atoms with Crippen LogP contribution in [0, 0.1) is 31.6 Å². The Balaban J connectivity index is 1.46. The standard InChI is InChI=1S/C20H25ClN2O2/c1-11-3-12(2)17(16(21)4-11)22-18(24)19(25)23-20-8-13-5-14(9-20)7-15(6-13)10-20/h3-4,13-15H,5-10H2,1-2H3,(H,22,24)(H,23,25). The van der Waals surface area contributed by atoms with E-state index in [1.807, 2.05) is 19.9 Å². The zero-order valence-corrected chi connectivity index (χ0v) is 15.6. The van der Waals surface area contributed by atoms with Gasteiger partial charge in [0.15, 0.2) is 0 Å². The highest BCUT2D eigenvalue weighted by Crippen LogP contribution is 2.55. The lowest BCUT2D eigenvalue weighted by molar-refractivity contribution is -0.139. The van der Waals surface area contributed by atoms with Gasteiger partial charge in [-0.25, -0.2) is 0 Å². The van der Waals surface area contributed by atoms with E-state index in [2.05, 4.69) is 10.6 Å². The Bertz CT molecular complexity index is 685. The summed E-state index contributed by atoms with van der Waals surface area (Å²) in [6.07, 6.45) is 7.01. The molecule has 5 rings (SSSR count). The average Bonchev–Trinajstić information content (AvgIpc) is 2.48. The van der Waals surface area contributed by atoms with E-state index in [1.165, 1.54) is 19.3 Å². The molecule has 0 aliphatic heterocycles. The fourth-order valence-corrected chi connectivity index (χ4v) is 6.17. The molecule has 25 heavy (non-hydrogen) atoms. The van der Waals surface area contributed by atoms with Crippen LogP contribution in [0.2, 0.25) is 5.02 Å². The minimum Gasteiger partial charge on any atom is -0.342 e. The molecule has 4 saturated carbocycles. The van der Waals surface area contributed by atoms with Gasteiger partial charge in [-0.3, -0.25) is 9.59 Å². The summed E-state index contributed by atoms with van der Waals surface area (Å²) in [5, 5.41) is 6.27. The van der Waals surface area contributed by atoms with E-state index in [4.69, 9.17) is 11.6 Å². The number of hydrogen-bond acceptors (Lipinski definition) is 2. The number of anilines is 1. The van der Waals surface area contributed by atoms with Crippen LogP contribution in [0.5, 0.6) is 0 Å². The molecule has 4 bridgehead atoms. The zero-order valence-electron chi connectivity index (χ0n) is 14.8. The monoisotopic (exact) mass is 360 g/mol. The number of amides is 2. The first-order valence-electron chi connectivity index (χ1n) is 9.24. The Morgan fingerprint density at radius 3 is 2.08 bits per heavy atom. The second kappa shape index (κ2) is 6.01. The SMILES string of the molecule is Cc1cc(C)c(NC(=O)C(=O)NC23CC4CC(CC(C4)C2)C3)c(Cl)c1. The lowest BCUT2D eigenvalue weighted by Crippen LogP contribution is -2.61. The van der Waals surface area contributed by atoms with Crippen molar-refractivity contribution < 1.29 is 9.59 Å². The first-order valence-corrected chi connectivity index (χ1v) is 9.61. The largest absolute Gasteiger partial charge is 0.342 e. The van der Waals surface area contributed by atoms with E-state index in [1.54, 1.807) is 6.07 Å². The van der Waals surface area contributed by atoms with Crippen LogP contribution in [0.15, 0.2) is 12.1 Å². The number of aryl methyl sites for hydroxylation is 2. The van der Waals surface area contributed by atoms with Crippen LogP contribution in [0.25, 0.3) is 0 Å². The molecule has 1 aromatic carbocycles. The minimum absolute atomic E-state index is 0.157. The highest BCUT2D eigenvalue weighted by molar-refractivity contribution is 6.41. The number of carbonyl (C=O) groups is 2. The third kappa shape index (κ3) is 3.17. The second-order valence-electron chi connectivity index (χ2n) is 8.54. The topological polar surface area (TPSA) is 58.2 Å². The number of carbonyl (C=O) groups excluding carboxylic acids is 2. The Hall–Kier alpha value is -1.55. The van der Waals surface area contributed by atoms with Crippen molar-refractivity contribution in [3.63, 3.8) is 0 Å². The summed E-state index contributed by atoms with van der Waals surface area (Å²) in [4.78, 5) is 25.0. The predicted molar refractivity (Wildman–Crippen MR) is 98.6 cm³/mol. The van der Waals surface area contributed by atoms with Gasteiger partial charge in [0.1, 0.15) is 0 Å². The molecular weight excluding hydrogens is 336 g/mol. The molecule has 0 unspecified atom stereocenters. The van der Waals surface area contributed by atoms with Crippen LogP contribution in [-0.4, -0.2) is 17.4 Å². The maximum atomic E-state index is 12.6. The molecule has 0 atom stereocenters. The molecule has 0 saturated heterocycles. The van der Waals surface area contributed by atoms with E-state index < -0.39 is 11.8 Å². The summed E-state index contributed by atoms with van der Waals surface area (Å²) in [6.45, 7) is 3.83. The van der Waals surface area contributed by atoms with Gasteiger partial charge in [-0.05, 0) is 87.3 Å². The van der Waals surface area contributed by atoms with Gasteiger partial charge in [-0.2, -0.15) is 0 Å². The quantitative estimate of drug-likeness (QED) is 0.784. The summed E-state index contributed by atoms with van der Waals surface area (Å²) < 4.78 is 0. The third-order valence-electron chi connectivity index (χ3n) is 6.29. The van der Waals surface area contributed by atoms with Gasteiger partial charge in [0.25, 0.3) is 0 Å². The fraction of sp³-hybridized carbons (Fsp3) is 0.600. The third-order valence-corrected chi connectivity index (χ3v) is 6.59. The van der Waals surface area contributed by atoms with E-state index >= 15 is 0 Å². The second-order valence-corrected chi connectivity index (χ2v) is 8.95. The number of benzene rings is 1. The molecular formula is C20H25ClN2O2. The highest BCUT2D eigenvalue weighted by atomic mass is 35.5. The number of rotatable bonds is 2. The number of hydrogen-bond donors (Lipinski definition) is 2. The molecule has 2 amide bonds. The molecule has 5 heteroatoms. The molecule has 1 aromatic rings. The van der Waals surface area contributed by atoms with E-state index in [9.17, 15) is 9.59 Å². The maximum absolute atomic E-state index is 12.6. The summed E-state index contributed by atoms with van der Waals surface area (Å²) in [5.74, 6) is 1.03. The van der Waals surface area contributed by atoms with Crippen LogP contribution in [-0.2, 0) is 9.59 Å². The van der Waals surface area contributed by atoms with Crippen molar-refractivity contribution in [1.82, 2.24) is 5.32 Å². The highest BCUT2D eigenvalue weighted by Gasteiger charge is 2.51. The first-order chi connectivity index (χ1) is 11.8. The van der Waals surface area contributed by atoms with Crippen LogP contribution < -0.4 is 10.6 Å². The van der Waals surface area contributed by atoms with Crippen molar-refractivity contribution in [2.24, 2.45) is 17.8 Å². The van der Waals surface area contributed by atoms with Gasteiger partial charge in [0.05, 0.1) is 10.7 Å². The Morgan fingerprint density at radius 1 is 1.00 bits per heavy atom. The normalized spacial score (nSPS) is 32.5. The molecule has 0 radical (unpaired) electrons. The molecule has 2 N–H and O–H groups in total. The lowest BCUT2D eigenvalue weighted by Gasteiger charge is -2.56. The van der Waals surface area contributed by atoms with Crippen molar-refractivity contribution in [3.8, 4) is 0 Å². The summed E-state index contributed by atoms with van der Waals surface area (Å²) in [6, 6.07) is 3.74. The molecule has 4 fully saturated rings. The molecule has 4 aliphatic rings. The number of halogens is 1. The van der Waals surface area contributed by atoms with E-state index in [-0.39, 0.29) is 5.54 Å². The first kappa shape index (κ1) is 16.9. The van der Waals surface area contributed by atoms with E-state index in [0.29, 0.717) is 10.7 Å². The maximum Gasteiger partial charge on any atom is 0.313 e. The zero-order chi connectivity index (χ0) is 17.8. The van der Waals surface area contributed by atoms with Crippen LogP contribution in [0.4, 0.5) is 5.69 Å². The molecule has 4 nitrogen and oxygen atoms in total.